The van der Waals surface area contributed by atoms with Gasteiger partial charge in [-0.3, -0.25) is 9.78 Å². The molecule has 2 atom stereocenters. The molecule has 0 radical (unpaired) electrons. The molecule has 9 heteroatoms. The van der Waals surface area contributed by atoms with E-state index in [2.05, 4.69) is 45.0 Å². The van der Waals surface area contributed by atoms with Crippen LogP contribution >= 0.6 is 23.8 Å². The predicted octanol–water partition coefficient (Wildman–Crippen LogP) is 6.42. The minimum Gasteiger partial charge on any atom is -0.375 e. The van der Waals surface area contributed by atoms with Gasteiger partial charge in [0.25, 0.3) is 0 Å². The molecule has 7 nitrogen and oxygen atoms in total. The number of nitrogens with one attached hydrogen (secondary N) is 2. The summed E-state index contributed by atoms with van der Waals surface area (Å²) in [7, 11) is 1.48. The summed E-state index contributed by atoms with van der Waals surface area (Å²) >= 11 is 12.6. The van der Waals surface area contributed by atoms with E-state index in [9.17, 15) is 4.79 Å². The van der Waals surface area contributed by atoms with Crippen molar-refractivity contribution in [3.05, 3.63) is 76.3 Å². The normalized spacial score (nSPS) is 20.0. The van der Waals surface area contributed by atoms with E-state index in [0.29, 0.717) is 21.9 Å². The Balaban J connectivity index is 1.56. The van der Waals surface area contributed by atoms with Crippen LogP contribution in [0.25, 0.3) is 0 Å². The molecule has 200 valence electrons. The Morgan fingerprint density at radius 2 is 1.97 bits per heavy atom. The van der Waals surface area contributed by atoms with Crippen molar-refractivity contribution in [2.24, 2.45) is 0 Å². The maximum Gasteiger partial charge on any atom is 0.250 e. The molecule has 0 unspecified atom stereocenters. The van der Waals surface area contributed by atoms with E-state index < -0.39 is 0 Å². The lowest BCUT2D eigenvalue weighted by Crippen LogP contribution is -2.29. The van der Waals surface area contributed by atoms with Crippen LogP contribution in [0.1, 0.15) is 72.9 Å². The van der Waals surface area contributed by atoms with Gasteiger partial charge in [-0.25, -0.2) is 0 Å². The molecule has 2 aliphatic rings. The second kappa shape index (κ2) is 11.4. The van der Waals surface area contributed by atoms with Crippen molar-refractivity contribution in [2.75, 3.05) is 23.9 Å². The fraction of sp³-hybridized carbons (Fsp3) is 0.414. The Hall–Kier alpha value is -2.94. The molecular weight excluding hydrogens is 518 g/mol. The van der Waals surface area contributed by atoms with Crippen molar-refractivity contribution in [1.29, 1.82) is 0 Å². The maximum atomic E-state index is 12.1. The van der Waals surface area contributed by atoms with Crippen molar-refractivity contribution < 1.29 is 9.53 Å². The molecule has 1 aliphatic heterocycles. The number of hydrogen-bond donors (Lipinski definition) is 2. The van der Waals surface area contributed by atoms with Gasteiger partial charge in [-0.05, 0) is 80.9 Å². The number of aromatic nitrogens is 2. The van der Waals surface area contributed by atoms with E-state index in [4.69, 9.17) is 28.6 Å². The Kier molecular flexibility index (Phi) is 8.02. The average Bonchev–Trinajstić information content (AvgIpc) is 3.41. The zero-order valence-electron chi connectivity index (χ0n) is 22.0. The summed E-state index contributed by atoms with van der Waals surface area (Å²) in [6, 6.07) is 14.2. The zero-order valence-corrected chi connectivity index (χ0v) is 23.6. The largest absolute Gasteiger partial charge is 0.375 e. The van der Waals surface area contributed by atoms with E-state index in [1.165, 1.54) is 56.2 Å². The SMILES string of the molecule is COCC(=O)Nc1ccc(N2C(=S)N[C@@H](c3ccccn3)[C@H]2c2cc(C)n(C3CCCCC3)c2C)cc1Cl. The number of anilines is 2. The van der Waals surface area contributed by atoms with Crippen LogP contribution in [0.4, 0.5) is 11.4 Å². The molecule has 2 aromatic heterocycles. The van der Waals surface area contributed by atoms with Gasteiger partial charge >= 0.3 is 0 Å². The summed E-state index contributed by atoms with van der Waals surface area (Å²) in [5.41, 5.74) is 6.08. The minimum atomic E-state index is -0.260. The summed E-state index contributed by atoms with van der Waals surface area (Å²) in [4.78, 5) is 18.9. The number of carbonyl (C=O) groups excluding carboxylic acids is 1. The first-order valence-corrected chi connectivity index (χ1v) is 13.9. The van der Waals surface area contributed by atoms with Gasteiger partial charge in [0, 0.05) is 36.4 Å². The molecule has 0 spiro atoms. The van der Waals surface area contributed by atoms with Crippen molar-refractivity contribution in [2.45, 2.75) is 64.1 Å². The molecule has 1 amide bonds. The number of nitrogens with zero attached hydrogens (tertiary/aromatic N) is 3. The third kappa shape index (κ3) is 5.17. The Morgan fingerprint density at radius 3 is 2.66 bits per heavy atom. The van der Waals surface area contributed by atoms with Gasteiger partial charge in [0.05, 0.1) is 28.5 Å². The number of carbonyl (C=O) groups is 1. The summed E-state index contributed by atoms with van der Waals surface area (Å²) in [5.74, 6) is -0.260. The number of benzene rings is 1. The molecule has 3 aromatic rings. The van der Waals surface area contributed by atoms with Crippen LogP contribution in [0.3, 0.4) is 0 Å². The number of thiocarbonyl (C=S) groups is 1. The topological polar surface area (TPSA) is 71.4 Å². The third-order valence-corrected chi connectivity index (χ3v) is 8.29. The molecule has 1 saturated carbocycles. The fourth-order valence-corrected chi connectivity index (χ4v) is 6.59. The van der Waals surface area contributed by atoms with Gasteiger partial charge < -0.3 is 24.8 Å². The van der Waals surface area contributed by atoms with Crippen molar-refractivity contribution >= 4 is 46.2 Å². The highest BCUT2D eigenvalue weighted by Gasteiger charge is 2.42. The molecule has 1 saturated heterocycles. The molecule has 1 aliphatic carbocycles. The lowest BCUT2D eigenvalue weighted by atomic mass is 9.94. The number of methoxy groups -OCH3 is 1. The minimum absolute atomic E-state index is 0.0390. The van der Waals surface area contributed by atoms with Crippen LogP contribution in [-0.4, -0.2) is 34.3 Å². The number of pyridine rings is 1. The molecule has 1 aromatic carbocycles. The van der Waals surface area contributed by atoms with E-state index in [-0.39, 0.29) is 24.6 Å². The molecular formula is C29H34ClN5O2S. The second-order valence-corrected chi connectivity index (χ2v) is 10.9. The zero-order chi connectivity index (χ0) is 26.8. The van der Waals surface area contributed by atoms with Gasteiger partial charge in [-0.2, -0.15) is 0 Å². The van der Waals surface area contributed by atoms with Crippen LogP contribution in [0.15, 0.2) is 48.7 Å². The van der Waals surface area contributed by atoms with Crippen molar-refractivity contribution in [1.82, 2.24) is 14.9 Å². The highest BCUT2D eigenvalue weighted by molar-refractivity contribution is 7.80. The first kappa shape index (κ1) is 26.7. The van der Waals surface area contributed by atoms with Gasteiger partial charge in [0.2, 0.25) is 5.91 Å². The summed E-state index contributed by atoms with van der Waals surface area (Å²) in [6.07, 6.45) is 8.13. The lowest BCUT2D eigenvalue weighted by Gasteiger charge is -2.30. The maximum absolute atomic E-state index is 12.1. The Morgan fingerprint density at radius 1 is 1.18 bits per heavy atom. The number of rotatable bonds is 7. The predicted molar refractivity (Wildman–Crippen MR) is 156 cm³/mol. The molecule has 3 heterocycles. The molecule has 2 N–H and O–H groups in total. The molecule has 5 rings (SSSR count). The van der Waals surface area contributed by atoms with Gasteiger partial charge in [-0.1, -0.05) is 36.9 Å². The van der Waals surface area contributed by atoms with E-state index in [1.54, 1.807) is 0 Å². The first-order valence-electron chi connectivity index (χ1n) is 13.2. The Bertz CT molecular complexity index is 1320. The van der Waals surface area contributed by atoms with Crippen LogP contribution in [-0.2, 0) is 9.53 Å². The average molecular weight is 552 g/mol. The van der Waals surface area contributed by atoms with E-state index in [1.807, 2.05) is 42.6 Å². The summed E-state index contributed by atoms with van der Waals surface area (Å²) in [5, 5.41) is 7.38. The first-order chi connectivity index (χ1) is 18.4. The smallest absolute Gasteiger partial charge is 0.250 e. The lowest BCUT2D eigenvalue weighted by molar-refractivity contribution is -0.119. The monoisotopic (exact) mass is 551 g/mol. The third-order valence-electron chi connectivity index (χ3n) is 7.66. The summed E-state index contributed by atoms with van der Waals surface area (Å²) in [6.45, 7) is 4.40. The van der Waals surface area contributed by atoms with Gasteiger partial charge in [-0.15, -0.1) is 0 Å². The quantitative estimate of drug-likeness (QED) is 0.330. The summed E-state index contributed by atoms with van der Waals surface area (Å²) < 4.78 is 7.45. The van der Waals surface area contributed by atoms with Gasteiger partial charge in [0.1, 0.15) is 6.61 Å². The standard InChI is InChI=1S/C29H34ClN5O2S/c1-18-15-22(19(2)34(18)20-9-5-4-6-10-20)28-27(25-11-7-8-14-31-25)33-29(38)35(28)21-12-13-24(23(30)16-21)32-26(36)17-37-3/h7-8,11-16,20,27-28H,4-6,9-10,17H2,1-3H3,(H,32,36)(H,33,38)/t27-,28+/m0/s1. The molecule has 0 bridgehead atoms. The van der Waals surface area contributed by atoms with Crippen LogP contribution in [0.5, 0.6) is 0 Å². The van der Waals surface area contributed by atoms with Crippen LogP contribution in [0, 0.1) is 13.8 Å². The number of halogens is 1. The number of amides is 1. The van der Waals surface area contributed by atoms with Crippen molar-refractivity contribution in [3.8, 4) is 0 Å². The number of hydrogen-bond acceptors (Lipinski definition) is 4. The van der Waals surface area contributed by atoms with Crippen molar-refractivity contribution in [3.63, 3.8) is 0 Å². The van der Waals surface area contributed by atoms with Crippen LogP contribution < -0.4 is 15.5 Å². The van der Waals surface area contributed by atoms with E-state index >= 15 is 0 Å². The number of aryl methyl sites for hydroxylation is 1. The highest BCUT2D eigenvalue weighted by Crippen LogP contribution is 2.45. The second-order valence-electron chi connectivity index (χ2n) is 10.1. The number of ether oxygens (including phenoxy) is 1. The Labute approximate surface area is 234 Å². The van der Waals surface area contributed by atoms with E-state index in [0.717, 1.165) is 11.4 Å². The molecule has 2 fully saturated rings. The van der Waals surface area contributed by atoms with Gasteiger partial charge in [0.15, 0.2) is 5.11 Å². The fourth-order valence-electron chi connectivity index (χ4n) is 6.02. The molecule has 38 heavy (non-hydrogen) atoms. The highest BCUT2D eigenvalue weighted by atomic mass is 35.5. The van der Waals surface area contributed by atoms with Crippen LogP contribution in [0.2, 0.25) is 5.02 Å².